The van der Waals surface area contributed by atoms with E-state index in [0.29, 0.717) is 17.3 Å². The zero-order valence-corrected chi connectivity index (χ0v) is 18.3. The summed E-state index contributed by atoms with van der Waals surface area (Å²) in [6, 6.07) is 10.2. The normalized spacial score (nSPS) is 17.1. The molecule has 3 aromatic rings. The number of carbonyl (C=O) groups is 2. The summed E-state index contributed by atoms with van der Waals surface area (Å²) in [4.78, 5) is 38.0. The molecule has 0 aliphatic carbocycles. The number of non-ortho nitro benzene ring substituents is 1. The van der Waals surface area contributed by atoms with Crippen LogP contribution in [0.4, 0.5) is 11.5 Å². The Kier molecular flexibility index (Phi) is 5.76. The van der Waals surface area contributed by atoms with Crippen molar-refractivity contribution in [2.24, 2.45) is 0 Å². The number of ether oxygens (including phenoxy) is 2. The maximum Gasteiger partial charge on any atom is 0.301 e. The number of methoxy groups -OCH3 is 2. The van der Waals surface area contributed by atoms with Crippen LogP contribution in [0.1, 0.15) is 22.9 Å². The number of carbonyl (C=O) groups excluding carboxylic acids is 2. The third kappa shape index (κ3) is 3.72. The fraction of sp³-hybridized carbons (Fsp3) is 0.174. The van der Waals surface area contributed by atoms with Gasteiger partial charge in [-0.15, -0.1) is 0 Å². The van der Waals surface area contributed by atoms with E-state index in [1.54, 1.807) is 6.92 Å². The number of aliphatic hydroxyl groups excluding tert-OH is 1. The summed E-state index contributed by atoms with van der Waals surface area (Å²) in [6.45, 7) is 1.61. The fourth-order valence-electron chi connectivity index (χ4n) is 3.80. The number of aromatic nitrogens is 1. The Bertz CT molecular complexity index is 1340. The fourth-order valence-corrected chi connectivity index (χ4v) is 3.80. The van der Waals surface area contributed by atoms with Gasteiger partial charge >= 0.3 is 5.91 Å². The Morgan fingerprint density at radius 2 is 1.85 bits per heavy atom. The molecule has 4 rings (SSSR count). The van der Waals surface area contributed by atoms with E-state index in [9.17, 15) is 24.8 Å². The van der Waals surface area contributed by atoms with Gasteiger partial charge < -0.3 is 19.1 Å². The molecule has 11 nitrogen and oxygen atoms in total. The Morgan fingerprint density at radius 1 is 1.12 bits per heavy atom. The molecule has 174 valence electrons. The summed E-state index contributed by atoms with van der Waals surface area (Å²) in [7, 11) is 2.86. The predicted molar refractivity (Wildman–Crippen MR) is 119 cm³/mol. The summed E-state index contributed by atoms with van der Waals surface area (Å²) in [6.07, 6.45) is 0. The number of hydrogen-bond donors (Lipinski definition) is 1. The van der Waals surface area contributed by atoms with Gasteiger partial charge in [0.15, 0.2) is 17.3 Å². The van der Waals surface area contributed by atoms with Crippen molar-refractivity contribution < 1.29 is 33.6 Å². The highest BCUT2D eigenvalue weighted by molar-refractivity contribution is 6.51. The largest absolute Gasteiger partial charge is 0.507 e. The summed E-state index contributed by atoms with van der Waals surface area (Å²) >= 11 is 0. The smallest absolute Gasteiger partial charge is 0.301 e. The van der Waals surface area contributed by atoms with Gasteiger partial charge in [0.25, 0.3) is 11.5 Å². The Morgan fingerprint density at radius 3 is 2.47 bits per heavy atom. The van der Waals surface area contributed by atoms with Gasteiger partial charge in [-0.05, 0) is 30.7 Å². The first kappa shape index (κ1) is 22.5. The third-order valence-corrected chi connectivity index (χ3v) is 5.36. The predicted octanol–water partition coefficient (Wildman–Crippen LogP) is 3.53. The number of benzene rings is 2. The van der Waals surface area contributed by atoms with E-state index < -0.39 is 28.4 Å². The van der Waals surface area contributed by atoms with E-state index in [-0.39, 0.29) is 28.2 Å². The summed E-state index contributed by atoms with van der Waals surface area (Å²) < 4.78 is 15.5. The van der Waals surface area contributed by atoms with E-state index in [1.165, 1.54) is 62.8 Å². The molecule has 1 aliphatic heterocycles. The van der Waals surface area contributed by atoms with Gasteiger partial charge in [0.05, 0.1) is 30.8 Å². The highest BCUT2D eigenvalue weighted by Crippen LogP contribution is 2.43. The number of nitrogens with zero attached hydrogens (tertiary/aromatic N) is 3. The third-order valence-electron chi connectivity index (χ3n) is 5.36. The van der Waals surface area contributed by atoms with E-state index in [4.69, 9.17) is 14.0 Å². The highest BCUT2D eigenvalue weighted by atomic mass is 16.6. The molecule has 0 radical (unpaired) electrons. The van der Waals surface area contributed by atoms with Crippen LogP contribution in [0.3, 0.4) is 0 Å². The van der Waals surface area contributed by atoms with E-state index >= 15 is 0 Å². The Hall–Kier alpha value is -4.67. The molecule has 1 N–H and O–H groups in total. The number of nitro benzene ring substituents is 1. The molecule has 0 unspecified atom stereocenters. The van der Waals surface area contributed by atoms with Crippen LogP contribution in [-0.2, 0) is 9.59 Å². The molecule has 2 aromatic carbocycles. The van der Waals surface area contributed by atoms with Crippen molar-refractivity contribution in [3.05, 3.63) is 81.1 Å². The molecular formula is C23H19N3O8. The van der Waals surface area contributed by atoms with Gasteiger partial charge in [0.2, 0.25) is 0 Å². The molecule has 1 saturated heterocycles. The molecule has 2 heterocycles. The quantitative estimate of drug-likeness (QED) is 0.190. The SMILES string of the molecule is COc1ccc(C(O)=C2C(=O)C(=O)N(c3cc(C)on3)[C@@H]2c2cccc([N+](=O)[O-])c2)cc1OC. The number of nitro groups is 1. The number of amides is 1. The van der Waals surface area contributed by atoms with Crippen molar-refractivity contribution in [3.8, 4) is 11.5 Å². The maximum absolute atomic E-state index is 13.1. The zero-order chi connectivity index (χ0) is 24.6. The van der Waals surface area contributed by atoms with Crippen molar-refractivity contribution in [2.45, 2.75) is 13.0 Å². The van der Waals surface area contributed by atoms with Gasteiger partial charge in [-0.3, -0.25) is 24.6 Å². The molecule has 0 spiro atoms. The lowest BCUT2D eigenvalue weighted by molar-refractivity contribution is -0.384. The molecule has 1 aliphatic rings. The van der Waals surface area contributed by atoms with Crippen LogP contribution < -0.4 is 14.4 Å². The van der Waals surface area contributed by atoms with E-state index in [2.05, 4.69) is 5.16 Å². The first-order chi connectivity index (χ1) is 16.3. The molecule has 34 heavy (non-hydrogen) atoms. The average Bonchev–Trinajstić information content (AvgIpc) is 3.38. The first-order valence-corrected chi connectivity index (χ1v) is 9.98. The highest BCUT2D eigenvalue weighted by Gasteiger charge is 2.48. The standard InChI is InChI=1S/C23H19N3O8/c1-12-9-18(24-34-12)25-20(13-5-4-6-15(10-13)26(30)31)19(22(28)23(25)29)21(27)14-7-8-16(32-2)17(11-14)33-3/h4-11,20,27H,1-3H3/t20-/m1/s1. The van der Waals surface area contributed by atoms with Crippen molar-refractivity contribution in [1.29, 1.82) is 0 Å². The first-order valence-electron chi connectivity index (χ1n) is 9.98. The molecule has 0 bridgehead atoms. The number of Topliss-reactive ketones (excluding diaryl/α,β-unsaturated/α-hetero) is 1. The second kappa shape index (κ2) is 8.70. The summed E-state index contributed by atoms with van der Waals surface area (Å²) in [5.41, 5.74) is -0.0950. The maximum atomic E-state index is 13.1. The van der Waals surface area contributed by atoms with Crippen LogP contribution in [0.2, 0.25) is 0 Å². The summed E-state index contributed by atoms with van der Waals surface area (Å²) in [5, 5.41) is 26.4. The lowest BCUT2D eigenvalue weighted by atomic mass is 9.95. The zero-order valence-electron chi connectivity index (χ0n) is 18.3. The molecule has 0 saturated carbocycles. The van der Waals surface area contributed by atoms with Crippen LogP contribution in [0, 0.1) is 17.0 Å². The minimum atomic E-state index is -1.20. The summed E-state index contributed by atoms with van der Waals surface area (Å²) in [5.74, 6) is -1.33. The number of aliphatic hydroxyl groups is 1. The second-order valence-electron chi connectivity index (χ2n) is 7.39. The average molecular weight is 465 g/mol. The van der Waals surface area contributed by atoms with Gasteiger partial charge in [-0.1, -0.05) is 17.3 Å². The number of hydrogen-bond acceptors (Lipinski definition) is 9. The Balaban J connectivity index is 1.96. The molecule has 1 fully saturated rings. The number of aryl methyl sites for hydroxylation is 1. The van der Waals surface area contributed by atoms with Crippen molar-refractivity contribution in [1.82, 2.24) is 5.16 Å². The van der Waals surface area contributed by atoms with Crippen molar-refractivity contribution >= 4 is 29.0 Å². The monoisotopic (exact) mass is 465 g/mol. The number of ketones is 1. The molecule has 1 aromatic heterocycles. The number of rotatable bonds is 6. The molecule has 1 atom stereocenters. The number of anilines is 1. The van der Waals surface area contributed by atoms with Gasteiger partial charge in [-0.2, -0.15) is 0 Å². The topological polar surface area (TPSA) is 145 Å². The van der Waals surface area contributed by atoms with Gasteiger partial charge in [0.1, 0.15) is 11.5 Å². The van der Waals surface area contributed by atoms with Crippen molar-refractivity contribution in [3.63, 3.8) is 0 Å². The van der Waals surface area contributed by atoms with E-state index in [1.807, 2.05) is 0 Å². The Labute approximate surface area is 192 Å². The van der Waals surface area contributed by atoms with Crippen LogP contribution >= 0.6 is 0 Å². The van der Waals surface area contributed by atoms with Crippen molar-refractivity contribution in [2.75, 3.05) is 19.1 Å². The van der Waals surface area contributed by atoms with Crippen LogP contribution in [0.15, 0.2) is 58.6 Å². The van der Waals surface area contributed by atoms with E-state index in [0.717, 1.165) is 4.90 Å². The molecular weight excluding hydrogens is 446 g/mol. The molecule has 1 amide bonds. The van der Waals surface area contributed by atoms with Gasteiger partial charge in [0, 0.05) is 23.8 Å². The minimum absolute atomic E-state index is 0.0301. The van der Waals surface area contributed by atoms with Crippen LogP contribution in [-0.4, -0.2) is 41.1 Å². The molecule has 11 heteroatoms. The van der Waals surface area contributed by atoms with Crippen LogP contribution in [0.5, 0.6) is 11.5 Å². The minimum Gasteiger partial charge on any atom is -0.507 e. The van der Waals surface area contributed by atoms with Gasteiger partial charge in [-0.25, -0.2) is 0 Å². The lowest BCUT2D eigenvalue weighted by Crippen LogP contribution is -2.29. The second-order valence-corrected chi connectivity index (χ2v) is 7.39. The van der Waals surface area contributed by atoms with Crippen LogP contribution in [0.25, 0.3) is 5.76 Å². The lowest BCUT2D eigenvalue weighted by Gasteiger charge is -2.22.